The molecule has 30 heavy (non-hydrogen) atoms. The third-order valence-corrected chi connectivity index (χ3v) is 8.42. The Hall–Kier alpha value is -2.37. The molecular formula is C19H21NO7S3. The summed E-state index contributed by atoms with van der Waals surface area (Å²) in [5, 5.41) is -0.678. The molecule has 1 aromatic carbocycles. The average molecular weight is 472 g/mol. The van der Waals surface area contributed by atoms with Crippen molar-refractivity contribution < 1.29 is 32.3 Å². The molecule has 0 spiro atoms. The lowest BCUT2D eigenvalue weighted by atomic mass is 10.2. The molecule has 0 aliphatic rings. The molecule has 1 N–H and O–H groups in total. The Labute approximate surface area is 183 Å². The highest BCUT2D eigenvalue weighted by Gasteiger charge is 2.34. The number of hydrogen-bond donors (Lipinski definition) is 1. The molecular weight excluding hydrogens is 450 g/mol. The van der Waals surface area contributed by atoms with E-state index in [2.05, 4.69) is 9.47 Å². The fourth-order valence-electron chi connectivity index (χ4n) is 2.43. The van der Waals surface area contributed by atoms with E-state index in [-0.39, 0.29) is 16.0 Å². The van der Waals surface area contributed by atoms with Gasteiger partial charge in [0.15, 0.2) is 4.21 Å². The topological polar surface area (TPSA) is 116 Å². The Balaban J connectivity index is 2.26. The molecule has 0 aliphatic heterocycles. The third kappa shape index (κ3) is 5.41. The van der Waals surface area contributed by atoms with Gasteiger partial charge < -0.3 is 9.47 Å². The quantitative estimate of drug-likeness (QED) is 0.584. The number of esters is 2. The second-order valence-electron chi connectivity index (χ2n) is 6.11. The number of benzene rings is 1. The Morgan fingerprint density at radius 3 is 2.27 bits per heavy atom. The van der Waals surface area contributed by atoms with E-state index in [1.165, 1.54) is 18.7 Å². The van der Waals surface area contributed by atoms with E-state index < -0.39 is 37.3 Å². The first-order chi connectivity index (χ1) is 14.1. The van der Waals surface area contributed by atoms with Gasteiger partial charge in [-0.25, -0.2) is 22.7 Å². The van der Waals surface area contributed by atoms with Crippen LogP contribution in [0.2, 0.25) is 0 Å². The smallest absolute Gasteiger partial charge is 0.348 e. The van der Waals surface area contributed by atoms with E-state index in [9.17, 15) is 22.8 Å². The van der Waals surface area contributed by atoms with Gasteiger partial charge in [-0.05, 0) is 25.0 Å². The van der Waals surface area contributed by atoms with Crippen molar-refractivity contribution in [3.63, 3.8) is 0 Å². The normalized spacial score (nSPS) is 12.1. The zero-order valence-corrected chi connectivity index (χ0v) is 19.2. The molecule has 2 aromatic rings. The number of amides is 1. The molecule has 11 heteroatoms. The Morgan fingerprint density at radius 2 is 1.70 bits per heavy atom. The van der Waals surface area contributed by atoms with Crippen molar-refractivity contribution in [1.29, 1.82) is 0 Å². The van der Waals surface area contributed by atoms with Crippen LogP contribution in [0.5, 0.6) is 0 Å². The molecule has 162 valence electrons. The zero-order chi connectivity index (χ0) is 22.5. The molecule has 1 amide bonds. The third-order valence-electron chi connectivity index (χ3n) is 4.07. The molecule has 1 aromatic heterocycles. The van der Waals surface area contributed by atoms with Gasteiger partial charge in [0.05, 0.1) is 25.0 Å². The first-order valence-corrected chi connectivity index (χ1v) is 12.0. The second kappa shape index (κ2) is 10.1. The van der Waals surface area contributed by atoms with Crippen LogP contribution in [0.25, 0.3) is 0 Å². The molecule has 0 radical (unpaired) electrons. The molecule has 2 rings (SSSR count). The van der Waals surface area contributed by atoms with E-state index >= 15 is 0 Å². The van der Waals surface area contributed by atoms with Crippen molar-refractivity contribution in [2.75, 3.05) is 14.2 Å². The maximum Gasteiger partial charge on any atom is 0.348 e. The van der Waals surface area contributed by atoms with Gasteiger partial charge in [-0.3, -0.25) is 4.79 Å². The predicted molar refractivity (Wildman–Crippen MR) is 114 cm³/mol. The van der Waals surface area contributed by atoms with Crippen molar-refractivity contribution in [3.05, 3.63) is 51.9 Å². The van der Waals surface area contributed by atoms with Gasteiger partial charge in [0, 0.05) is 5.75 Å². The summed E-state index contributed by atoms with van der Waals surface area (Å²) in [6.07, 6.45) is 0. The Morgan fingerprint density at radius 1 is 1.10 bits per heavy atom. The summed E-state index contributed by atoms with van der Waals surface area (Å²) in [6.45, 7) is 2.99. The van der Waals surface area contributed by atoms with Crippen molar-refractivity contribution in [3.8, 4) is 0 Å². The fraction of sp³-hybridized carbons (Fsp3) is 0.316. The van der Waals surface area contributed by atoms with E-state index in [1.807, 2.05) is 35.1 Å². The van der Waals surface area contributed by atoms with Crippen LogP contribution in [-0.2, 0) is 30.0 Å². The monoisotopic (exact) mass is 471 g/mol. The van der Waals surface area contributed by atoms with Crippen molar-refractivity contribution in [1.82, 2.24) is 4.72 Å². The fourth-order valence-corrected chi connectivity index (χ4v) is 6.15. The van der Waals surface area contributed by atoms with Gasteiger partial charge >= 0.3 is 11.9 Å². The van der Waals surface area contributed by atoms with Gasteiger partial charge in [-0.2, -0.15) is 0 Å². The molecule has 0 bridgehead atoms. The molecule has 1 atom stereocenters. The SMILES string of the molecule is COC(=O)c1sc(S(=O)(=O)NC(=O)C(C)SCc2ccccc2)c(C(=O)OC)c1C. The number of carbonyl (C=O) groups excluding carboxylic acids is 3. The summed E-state index contributed by atoms with van der Waals surface area (Å²) in [5.41, 5.74) is 0.806. The predicted octanol–water partition coefficient (Wildman–Crippen LogP) is 2.76. The number of nitrogens with one attached hydrogen (secondary N) is 1. The lowest BCUT2D eigenvalue weighted by Crippen LogP contribution is -2.36. The number of hydrogen-bond acceptors (Lipinski definition) is 9. The van der Waals surface area contributed by atoms with Crippen molar-refractivity contribution in [2.45, 2.75) is 29.1 Å². The van der Waals surface area contributed by atoms with Gasteiger partial charge in [0.25, 0.3) is 10.0 Å². The summed E-state index contributed by atoms with van der Waals surface area (Å²) >= 11 is 1.82. The minimum atomic E-state index is -4.42. The molecule has 1 unspecified atom stereocenters. The highest BCUT2D eigenvalue weighted by molar-refractivity contribution is 8.00. The van der Waals surface area contributed by atoms with Crippen LogP contribution >= 0.6 is 23.1 Å². The number of methoxy groups -OCH3 is 2. The van der Waals surface area contributed by atoms with Crippen LogP contribution in [0, 0.1) is 6.92 Å². The molecule has 8 nitrogen and oxygen atoms in total. The van der Waals surface area contributed by atoms with Gasteiger partial charge in [-0.1, -0.05) is 30.3 Å². The van der Waals surface area contributed by atoms with Crippen LogP contribution in [0.3, 0.4) is 0 Å². The van der Waals surface area contributed by atoms with E-state index in [0.717, 1.165) is 19.8 Å². The number of carbonyl (C=O) groups is 3. The van der Waals surface area contributed by atoms with Crippen LogP contribution in [0.15, 0.2) is 34.5 Å². The van der Waals surface area contributed by atoms with Gasteiger partial charge in [0.2, 0.25) is 5.91 Å². The molecule has 0 aliphatic carbocycles. The highest BCUT2D eigenvalue weighted by Crippen LogP contribution is 2.33. The summed E-state index contributed by atoms with van der Waals surface area (Å²) < 4.78 is 36.5. The minimum Gasteiger partial charge on any atom is -0.465 e. The van der Waals surface area contributed by atoms with Crippen LogP contribution < -0.4 is 4.72 Å². The summed E-state index contributed by atoms with van der Waals surface area (Å²) in [7, 11) is -2.19. The summed E-state index contributed by atoms with van der Waals surface area (Å²) in [4.78, 5) is 36.5. The first-order valence-electron chi connectivity index (χ1n) is 8.64. The second-order valence-corrected chi connectivity index (χ2v) is 10.3. The Bertz CT molecular complexity index is 1050. The van der Waals surface area contributed by atoms with Crippen LogP contribution in [-0.4, -0.2) is 45.7 Å². The van der Waals surface area contributed by atoms with E-state index in [0.29, 0.717) is 17.1 Å². The number of thiophene rings is 1. The average Bonchev–Trinajstić information content (AvgIpc) is 3.09. The number of sulfonamides is 1. The van der Waals surface area contributed by atoms with Crippen molar-refractivity contribution >= 4 is 51.0 Å². The molecule has 0 saturated heterocycles. The summed E-state index contributed by atoms with van der Waals surface area (Å²) in [5.74, 6) is -1.94. The first kappa shape index (κ1) is 23.9. The minimum absolute atomic E-state index is 0.0581. The number of thioether (sulfide) groups is 1. The summed E-state index contributed by atoms with van der Waals surface area (Å²) in [6, 6.07) is 9.43. The standard InChI is InChI=1S/C19H21NO7S3/c1-11-14(17(22)26-3)19(29-15(11)18(23)27-4)30(24,25)20-16(21)12(2)28-10-13-8-6-5-7-9-13/h5-9,12H,10H2,1-4H3,(H,20,21). The largest absolute Gasteiger partial charge is 0.465 e. The molecule has 0 saturated carbocycles. The zero-order valence-electron chi connectivity index (χ0n) is 16.8. The van der Waals surface area contributed by atoms with E-state index in [4.69, 9.17) is 0 Å². The molecule has 0 fully saturated rings. The lowest BCUT2D eigenvalue weighted by Gasteiger charge is -2.12. The molecule has 1 heterocycles. The Kier molecular flexibility index (Phi) is 8.04. The number of rotatable bonds is 8. The van der Waals surface area contributed by atoms with Crippen molar-refractivity contribution in [2.24, 2.45) is 0 Å². The van der Waals surface area contributed by atoms with Gasteiger partial charge in [0.1, 0.15) is 4.88 Å². The number of ether oxygens (including phenoxy) is 2. The maximum atomic E-state index is 12.8. The lowest BCUT2D eigenvalue weighted by molar-refractivity contribution is -0.118. The van der Waals surface area contributed by atoms with Crippen LogP contribution in [0.4, 0.5) is 0 Å². The van der Waals surface area contributed by atoms with Crippen LogP contribution in [0.1, 0.15) is 38.1 Å². The van der Waals surface area contributed by atoms with Gasteiger partial charge in [-0.15, -0.1) is 23.1 Å². The highest BCUT2D eigenvalue weighted by atomic mass is 32.2. The maximum absolute atomic E-state index is 12.8. The van der Waals surface area contributed by atoms with E-state index in [1.54, 1.807) is 6.92 Å².